The highest BCUT2D eigenvalue weighted by Gasteiger charge is 2.15. The zero-order chi connectivity index (χ0) is 17.5. The minimum Gasteiger partial charge on any atom is -0.371 e. The van der Waals surface area contributed by atoms with Crippen molar-refractivity contribution in [2.75, 3.05) is 20.7 Å². The predicted molar refractivity (Wildman–Crippen MR) is 107 cm³/mol. The van der Waals surface area contributed by atoms with E-state index in [-0.39, 0.29) is 30.1 Å². The Bertz CT molecular complexity index is 669. The van der Waals surface area contributed by atoms with Crippen LogP contribution in [0.15, 0.2) is 27.8 Å². The number of aliphatic imine (C=N–C) groups is 1. The van der Waals surface area contributed by atoms with Gasteiger partial charge in [0.05, 0.1) is 13.1 Å². The first-order valence-electron chi connectivity index (χ1n) is 8.01. The largest absolute Gasteiger partial charge is 0.371 e. The molecule has 1 atom stereocenters. The zero-order valence-electron chi connectivity index (χ0n) is 15.4. The normalized spacial score (nSPS) is 12.6. The van der Waals surface area contributed by atoms with Crippen LogP contribution in [0.25, 0.3) is 0 Å². The Morgan fingerprint density at radius 3 is 2.88 bits per heavy atom. The molecule has 1 unspecified atom stereocenters. The molecule has 25 heavy (non-hydrogen) atoms. The van der Waals surface area contributed by atoms with Gasteiger partial charge in [-0.2, -0.15) is 4.98 Å². The Morgan fingerprint density at radius 2 is 2.28 bits per heavy atom. The van der Waals surface area contributed by atoms with Gasteiger partial charge < -0.3 is 24.0 Å². The van der Waals surface area contributed by atoms with Gasteiger partial charge >= 0.3 is 0 Å². The monoisotopic (exact) mass is 462 g/mol. The van der Waals surface area contributed by atoms with Crippen molar-refractivity contribution in [1.82, 2.24) is 24.9 Å². The van der Waals surface area contributed by atoms with Crippen LogP contribution in [0.1, 0.15) is 37.4 Å². The van der Waals surface area contributed by atoms with Crippen LogP contribution in [0.4, 0.5) is 0 Å². The summed E-state index contributed by atoms with van der Waals surface area (Å²) in [7, 11) is 5.76. The molecule has 0 saturated heterocycles. The molecule has 1 N–H and O–H groups in total. The average molecular weight is 462 g/mol. The molecule has 140 valence electrons. The summed E-state index contributed by atoms with van der Waals surface area (Å²) in [4.78, 5) is 10.7. The van der Waals surface area contributed by atoms with Gasteiger partial charge in [0.15, 0.2) is 11.8 Å². The first-order chi connectivity index (χ1) is 11.5. The van der Waals surface area contributed by atoms with E-state index in [1.54, 1.807) is 7.05 Å². The number of nitrogens with zero attached hydrogens (tertiary/aromatic N) is 5. The standard InChI is InChI=1S/C16H26N6O2.HI/c1-6-23-12(2)15-19-14(24-20-15)10-18-16(17-3)22(5)11-13-8-7-9-21(13)4;/h7-9,12H,6,10-11H2,1-5H3,(H,17,18);1H. The highest BCUT2D eigenvalue weighted by atomic mass is 127. The number of aryl methyl sites for hydroxylation is 1. The molecule has 8 nitrogen and oxygen atoms in total. The maximum atomic E-state index is 5.46. The molecule has 0 fully saturated rings. The number of rotatable bonds is 7. The number of aromatic nitrogens is 3. The molecule has 2 aromatic rings. The molecular weight excluding hydrogens is 435 g/mol. The lowest BCUT2D eigenvalue weighted by molar-refractivity contribution is 0.0683. The van der Waals surface area contributed by atoms with Crippen molar-refractivity contribution >= 4 is 29.9 Å². The summed E-state index contributed by atoms with van der Waals surface area (Å²) in [6.07, 6.45) is 1.85. The topological polar surface area (TPSA) is 80.7 Å². The summed E-state index contributed by atoms with van der Waals surface area (Å²) < 4.78 is 12.8. The number of nitrogens with one attached hydrogen (secondary N) is 1. The smallest absolute Gasteiger partial charge is 0.246 e. The molecule has 0 bridgehead atoms. The van der Waals surface area contributed by atoms with Crippen LogP contribution in [0.5, 0.6) is 0 Å². The van der Waals surface area contributed by atoms with Crippen molar-refractivity contribution < 1.29 is 9.26 Å². The lowest BCUT2D eigenvalue weighted by Crippen LogP contribution is -2.38. The molecule has 0 aromatic carbocycles. The van der Waals surface area contributed by atoms with Gasteiger partial charge in [0.2, 0.25) is 5.89 Å². The molecule has 9 heteroatoms. The first kappa shape index (κ1) is 21.4. The fourth-order valence-corrected chi connectivity index (χ4v) is 2.35. The highest BCUT2D eigenvalue weighted by molar-refractivity contribution is 14.0. The molecule has 2 rings (SSSR count). The minimum atomic E-state index is -0.174. The summed E-state index contributed by atoms with van der Waals surface area (Å²) >= 11 is 0. The van der Waals surface area contributed by atoms with Crippen molar-refractivity contribution in [3.05, 3.63) is 35.7 Å². The van der Waals surface area contributed by atoms with Crippen LogP contribution in [-0.4, -0.2) is 46.3 Å². The number of hydrogen-bond acceptors (Lipinski definition) is 5. The van der Waals surface area contributed by atoms with Gasteiger partial charge in [-0.15, -0.1) is 24.0 Å². The van der Waals surface area contributed by atoms with Gasteiger partial charge in [-0.25, -0.2) is 0 Å². The van der Waals surface area contributed by atoms with Crippen LogP contribution >= 0.6 is 24.0 Å². The first-order valence-corrected chi connectivity index (χ1v) is 8.01. The van der Waals surface area contributed by atoms with Crippen LogP contribution in [0.2, 0.25) is 0 Å². The lowest BCUT2D eigenvalue weighted by Gasteiger charge is -2.21. The number of halogens is 1. The van der Waals surface area contributed by atoms with E-state index >= 15 is 0 Å². The van der Waals surface area contributed by atoms with Gasteiger partial charge in [-0.1, -0.05) is 5.16 Å². The SMILES string of the molecule is CCOC(C)c1noc(CNC(=NC)N(C)Cc2cccn2C)n1.I. The summed E-state index contributed by atoms with van der Waals surface area (Å²) in [5, 5.41) is 7.18. The van der Waals surface area contributed by atoms with Crippen molar-refractivity contribution in [1.29, 1.82) is 0 Å². The second kappa shape index (κ2) is 10.4. The van der Waals surface area contributed by atoms with E-state index in [1.807, 2.05) is 45.1 Å². The molecule has 0 saturated carbocycles. The molecule has 0 spiro atoms. The van der Waals surface area contributed by atoms with Crippen molar-refractivity contribution in [3.63, 3.8) is 0 Å². The van der Waals surface area contributed by atoms with Crippen molar-refractivity contribution in [2.24, 2.45) is 12.0 Å². The Balaban J connectivity index is 0.00000312. The molecule has 0 amide bonds. The summed E-state index contributed by atoms with van der Waals surface area (Å²) in [6.45, 7) is 5.61. The quantitative estimate of drug-likeness (QED) is 0.387. The molecule has 0 aliphatic rings. The Kier molecular flexibility index (Phi) is 8.90. The molecule has 0 aliphatic carbocycles. The average Bonchev–Trinajstić information content (AvgIpc) is 3.18. The van der Waals surface area contributed by atoms with Gasteiger partial charge in [-0.05, 0) is 26.0 Å². The number of ether oxygens (including phenoxy) is 1. The van der Waals surface area contributed by atoms with Crippen molar-refractivity contribution in [2.45, 2.75) is 33.0 Å². The Labute approximate surface area is 165 Å². The van der Waals surface area contributed by atoms with E-state index in [0.717, 1.165) is 12.5 Å². The summed E-state index contributed by atoms with van der Waals surface area (Å²) in [5.41, 5.74) is 1.20. The third-order valence-corrected chi connectivity index (χ3v) is 3.69. The molecule has 0 radical (unpaired) electrons. The number of hydrogen-bond donors (Lipinski definition) is 1. The van der Waals surface area contributed by atoms with Crippen molar-refractivity contribution in [3.8, 4) is 0 Å². The molecule has 2 aromatic heterocycles. The maximum Gasteiger partial charge on any atom is 0.246 e. The Hall–Kier alpha value is -1.62. The third-order valence-electron chi connectivity index (χ3n) is 3.69. The lowest BCUT2D eigenvalue weighted by atomic mass is 10.4. The van der Waals surface area contributed by atoms with Crippen LogP contribution < -0.4 is 5.32 Å². The van der Waals surface area contributed by atoms with E-state index in [0.29, 0.717) is 24.9 Å². The van der Waals surface area contributed by atoms with Gasteiger partial charge in [0.1, 0.15) is 6.10 Å². The van der Waals surface area contributed by atoms with E-state index in [1.165, 1.54) is 5.69 Å². The second-order valence-corrected chi connectivity index (χ2v) is 5.51. The van der Waals surface area contributed by atoms with E-state index < -0.39 is 0 Å². The van der Waals surface area contributed by atoms with Gasteiger partial charge in [0, 0.05) is 39.6 Å². The van der Waals surface area contributed by atoms with Gasteiger partial charge in [0.25, 0.3) is 0 Å². The molecular formula is C16H27IN6O2. The minimum absolute atomic E-state index is 0. The molecule has 0 aliphatic heterocycles. The Morgan fingerprint density at radius 1 is 1.52 bits per heavy atom. The zero-order valence-corrected chi connectivity index (χ0v) is 17.7. The van der Waals surface area contributed by atoms with Crippen LogP contribution in [-0.2, 0) is 24.9 Å². The highest BCUT2D eigenvalue weighted by Crippen LogP contribution is 2.12. The third kappa shape index (κ3) is 5.99. The maximum absolute atomic E-state index is 5.46. The van der Waals surface area contributed by atoms with Crippen LogP contribution in [0.3, 0.4) is 0 Å². The fourth-order valence-electron chi connectivity index (χ4n) is 2.35. The summed E-state index contributed by atoms with van der Waals surface area (Å²) in [5.74, 6) is 1.82. The fraction of sp³-hybridized carbons (Fsp3) is 0.562. The van der Waals surface area contributed by atoms with E-state index in [9.17, 15) is 0 Å². The number of guanidine groups is 1. The van der Waals surface area contributed by atoms with E-state index in [4.69, 9.17) is 9.26 Å². The van der Waals surface area contributed by atoms with E-state index in [2.05, 4.69) is 31.1 Å². The van der Waals surface area contributed by atoms with Gasteiger partial charge in [-0.3, -0.25) is 4.99 Å². The second-order valence-electron chi connectivity index (χ2n) is 5.51. The van der Waals surface area contributed by atoms with Crippen LogP contribution in [0, 0.1) is 0 Å². The summed E-state index contributed by atoms with van der Waals surface area (Å²) in [6, 6.07) is 4.11. The predicted octanol–water partition coefficient (Wildman–Crippen LogP) is 2.33. The molecule has 2 heterocycles.